The largest absolute Gasteiger partial charge is 0.522 e. The van der Waals surface area contributed by atoms with Crippen molar-refractivity contribution >= 4 is 54.5 Å². The first kappa shape index (κ1) is 39.7. The molecule has 0 aliphatic heterocycles. The van der Waals surface area contributed by atoms with Gasteiger partial charge < -0.3 is 0 Å². The summed E-state index contributed by atoms with van der Waals surface area (Å²) in [5.41, 5.74) is -7.26. The smallest absolute Gasteiger partial charge is 0.285 e. The Balaban J connectivity index is 0.000000377. The topological polar surface area (TPSA) is 159 Å². The SMILES string of the molecule is C(=NC1CCCCC1N=Cc1ccc2ccccc2n1)c1ccc2ccccc2n1.O=S(=O)(O)C(F)(F)F.O=S(=O)(O)C(F)(F)F.[Cu]. The van der Waals surface area contributed by atoms with Crippen molar-refractivity contribution < 1.29 is 69.4 Å². The summed E-state index contributed by atoms with van der Waals surface area (Å²) in [4.78, 5) is 19.2. The van der Waals surface area contributed by atoms with Crippen LogP contribution >= 0.6 is 0 Å². The monoisotopic (exact) mass is 755 g/mol. The average Bonchev–Trinajstić information content (AvgIpc) is 2.98. The number of fused-ring (bicyclic) bond motifs is 2. The summed E-state index contributed by atoms with van der Waals surface area (Å²) in [6.45, 7) is 0. The molecule has 19 heteroatoms. The van der Waals surface area contributed by atoms with Gasteiger partial charge in [-0.2, -0.15) is 43.2 Å². The van der Waals surface area contributed by atoms with Gasteiger partial charge in [0.05, 0.1) is 34.5 Å². The van der Waals surface area contributed by atoms with Gasteiger partial charge in [0.25, 0.3) is 0 Å². The summed E-state index contributed by atoms with van der Waals surface area (Å²) < 4.78 is 115. The normalized spacial score (nSPS) is 17.4. The number of hydrogen-bond donors (Lipinski definition) is 2. The third-order valence-corrected chi connectivity index (χ3v) is 7.49. The van der Waals surface area contributed by atoms with E-state index in [0.29, 0.717) is 0 Å². The third kappa shape index (κ3) is 12.2. The van der Waals surface area contributed by atoms with Gasteiger partial charge >= 0.3 is 31.3 Å². The number of alkyl halides is 6. The van der Waals surface area contributed by atoms with Crippen LogP contribution in [0.2, 0.25) is 0 Å². The Morgan fingerprint density at radius 3 is 1.26 bits per heavy atom. The molecule has 259 valence electrons. The number of hydrogen-bond acceptors (Lipinski definition) is 8. The Hall–Kier alpha value is -3.48. The molecule has 5 rings (SSSR count). The van der Waals surface area contributed by atoms with Gasteiger partial charge in [0.15, 0.2) is 0 Å². The molecule has 2 aromatic carbocycles. The summed E-state index contributed by atoms with van der Waals surface area (Å²) in [7, 11) is -11.7. The van der Waals surface area contributed by atoms with Crippen molar-refractivity contribution in [2.24, 2.45) is 9.98 Å². The predicted molar refractivity (Wildman–Crippen MR) is 160 cm³/mol. The van der Waals surface area contributed by atoms with E-state index < -0.39 is 31.3 Å². The third-order valence-electron chi connectivity index (χ3n) is 6.32. The van der Waals surface area contributed by atoms with Crippen molar-refractivity contribution in [2.75, 3.05) is 0 Å². The molecule has 2 heterocycles. The first-order valence-corrected chi connectivity index (χ1v) is 16.1. The minimum Gasteiger partial charge on any atom is -0.285 e. The summed E-state index contributed by atoms with van der Waals surface area (Å²) in [6, 6.07) is 25.0. The van der Waals surface area contributed by atoms with E-state index in [0.717, 1.165) is 46.0 Å². The summed E-state index contributed by atoms with van der Waals surface area (Å²) in [5.74, 6) is 0. The maximum absolute atomic E-state index is 10.7. The Labute approximate surface area is 276 Å². The van der Waals surface area contributed by atoms with Crippen LogP contribution in [0.15, 0.2) is 82.8 Å². The number of nitrogens with zero attached hydrogens (tertiary/aromatic N) is 4. The Bertz CT molecular complexity index is 1780. The number of halogens is 6. The van der Waals surface area contributed by atoms with Crippen LogP contribution in [0.25, 0.3) is 21.8 Å². The van der Waals surface area contributed by atoms with Crippen LogP contribution in [-0.2, 0) is 37.3 Å². The molecule has 0 saturated heterocycles. The zero-order valence-electron chi connectivity index (χ0n) is 23.8. The van der Waals surface area contributed by atoms with Crippen molar-refractivity contribution in [3.8, 4) is 0 Å². The molecular weight excluding hydrogens is 730 g/mol. The summed E-state index contributed by atoms with van der Waals surface area (Å²) in [5, 5.41) is 2.30. The van der Waals surface area contributed by atoms with E-state index in [1.54, 1.807) is 0 Å². The van der Waals surface area contributed by atoms with Crippen LogP contribution in [0.3, 0.4) is 0 Å². The first-order valence-electron chi connectivity index (χ1n) is 13.2. The first-order chi connectivity index (χ1) is 21.3. The molecule has 47 heavy (non-hydrogen) atoms. The minimum atomic E-state index is -5.84. The van der Waals surface area contributed by atoms with Crippen molar-refractivity contribution in [2.45, 2.75) is 48.8 Å². The van der Waals surface area contributed by atoms with Crippen molar-refractivity contribution in [3.63, 3.8) is 0 Å². The molecule has 1 aliphatic rings. The molecule has 2 N–H and O–H groups in total. The fourth-order valence-corrected chi connectivity index (χ4v) is 4.09. The van der Waals surface area contributed by atoms with E-state index in [4.69, 9.17) is 45.9 Å². The number of rotatable bonds is 4. The fourth-order valence-electron chi connectivity index (χ4n) is 4.09. The maximum atomic E-state index is 10.7. The summed E-state index contributed by atoms with van der Waals surface area (Å²) >= 11 is 0. The Kier molecular flexibility index (Phi) is 14.0. The molecule has 4 aromatic rings. The number of aliphatic imine (C=N–C) groups is 2. The molecule has 1 fully saturated rings. The molecule has 0 bridgehead atoms. The molecule has 0 amide bonds. The second-order valence-electron chi connectivity index (χ2n) is 9.67. The Morgan fingerprint density at radius 1 is 0.617 bits per heavy atom. The van der Waals surface area contributed by atoms with Crippen molar-refractivity contribution in [3.05, 3.63) is 84.2 Å². The molecule has 0 spiro atoms. The fraction of sp³-hybridized carbons (Fsp3) is 0.286. The van der Waals surface area contributed by atoms with Gasteiger partial charge in [-0.3, -0.25) is 19.1 Å². The molecule has 10 nitrogen and oxygen atoms in total. The van der Waals surface area contributed by atoms with E-state index in [1.165, 1.54) is 12.8 Å². The second kappa shape index (κ2) is 16.6. The van der Waals surface area contributed by atoms with E-state index in [2.05, 4.69) is 24.3 Å². The number of benzene rings is 2. The molecule has 1 radical (unpaired) electrons. The quantitative estimate of drug-likeness (QED) is 0.0794. The molecular formula is C28H26CuF6N4O6S2. The second-order valence-corrected chi connectivity index (χ2v) is 12.5. The molecule has 2 aromatic heterocycles. The van der Waals surface area contributed by atoms with Crippen LogP contribution in [0, 0.1) is 0 Å². The van der Waals surface area contributed by atoms with Gasteiger partial charge in [-0.05, 0) is 37.1 Å². The van der Waals surface area contributed by atoms with Crippen LogP contribution in [0.4, 0.5) is 26.3 Å². The zero-order valence-corrected chi connectivity index (χ0v) is 26.3. The summed E-state index contributed by atoms with van der Waals surface area (Å²) in [6.07, 6.45) is 8.37. The zero-order chi connectivity index (χ0) is 34.2. The van der Waals surface area contributed by atoms with Gasteiger partial charge in [0.2, 0.25) is 0 Å². The van der Waals surface area contributed by atoms with Crippen molar-refractivity contribution in [1.29, 1.82) is 0 Å². The average molecular weight is 756 g/mol. The van der Waals surface area contributed by atoms with E-state index in [9.17, 15) is 26.3 Å². The maximum Gasteiger partial charge on any atom is 0.522 e. The van der Waals surface area contributed by atoms with E-state index >= 15 is 0 Å². The molecule has 1 saturated carbocycles. The van der Waals surface area contributed by atoms with Gasteiger partial charge in [-0.25, -0.2) is 9.97 Å². The predicted octanol–water partition coefficient (Wildman–Crippen LogP) is 6.42. The van der Waals surface area contributed by atoms with Gasteiger partial charge in [0, 0.05) is 40.3 Å². The van der Waals surface area contributed by atoms with Crippen LogP contribution in [0.5, 0.6) is 0 Å². The van der Waals surface area contributed by atoms with Gasteiger partial charge in [0.1, 0.15) is 0 Å². The molecule has 2 atom stereocenters. The number of aromatic nitrogens is 2. The van der Waals surface area contributed by atoms with Gasteiger partial charge in [-0.15, -0.1) is 0 Å². The van der Waals surface area contributed by atoms with E-state index in [-0.39, 0.29) is 29.2 Å². The minimum absolute atomic E-state index is 0. The van der Waals surface area contributed by atoms with Gasteiger partial charge in [-0.1, -0.05) is 61.4 Å². The van der Waals surface area contributed by atoms with Crippen LogP contribution < -0.4 is 0 Å². The Morgan fingerprint density at radius 2 is 0.936 bits per heavy atom. The van der Waals surface area contributed by atoms with Crippen molar-refractivity contribution in [1.82, 2.24) is 9.97 Å². The van der Waals surface area contributed by atoms with Crippen LogP contribution in [-0.4, -0.2) is 71.4 Å². The standard InChI is InChI=1S/C26H24N4.2CHF3O3S.Cu/c1-3-9-23-19(7-1)13-15-21(29-23)17-27-25-11-5-6-12-26(25)28-18-22-16-14-20-8-2-4-10-24(20)30-22;2*2-1(3,4)8(5,6)7;/h1-4,7-10,13-18,25-26H,5-6,11-12H2;2*(H,5,6,7);. The molecule has 1 aliphatic carbocycles. The van der Waals surface area contributed by atoms with Crippen LogP contribution in [0.1, 0.15) is 37.1 Å². The number of para-hydroxylation sites is 2. The number of pyridine rings is 2. The molecule has 2 unspecified atom stereocenters. The van der Waals surface area contributed by atoms with E-state index in [1.807, 2.05) is 61.0 Å².